The highest BCUT2D eigenvalue weighted by molar-refractivity contribution is 7.89. The van der Waals surface area contributed by atoms with Crippen molar-refractivity contribution in [2.24, 2.45) is 11.8 Å². The number of amides is 1. The third-order valence-electron chi connectivity index (χ3n) is 7.78. The van der Waals surface area contributed by atoms with E-state index in [1.165, 1.54) is 10.4 Å². The predicted molar refractivity (Wildman–Crippen MR) is 135 cm³/mol. The lowest BCUT2D eigenvalue weighted by molar-refractivity contribution is -0.137. The van der Waals surface area contributed by atoms with Crippen molar-refractivity contribution < 1.29 is 35.9 Å². The fourth-order valence-electron chi connectivity index (χ4n) is 5.80. The van der Waals surface area contributed by atoms with Crippen LogP contribution in [-0.4, -0.2) is 73.9 Å². The summed E-state index contributed by atoms with van der Waals surface area (Å²) in [4.78, 5) is 14.0. The van der Waals surface area contributed by atoms with E-state index in [1.54, 1.807) is 11.9 Å². The van der Waals surface area contributed by atoms with Gasteiger partial charge in [-0.05, 0) is 83.4 Å². The van der Waals surface area contributed by atoms with E-state index in [0.717, 1.165) is 37.8 Å². The van der Waals surface area contributed by atoms with Gasteiger partial charge in [0.05, 0.1) is 22.6 Å². The van der Waals surface area contributed by atoms with Gasteiger partial charge in [0.2, 0.25) is 10.0 Å². The summed E-state index contributed by atoms with van der Waals surface area (Å²) >= 11 is 0. The molecule has 6 atom stereocenters. The number of nitrogens with one attached hydrogen (secondary N) is 1. The Bertz CT molecular complexity index is 1120. The molecule has 38 heavy (non-hydrogen) atoms. The highest BCUT2D eigenvalue weighted by Gasteiger charge is 2.48. The molecule has 4 rings (SSSR count). The summed E-state index contributed by atoms with van der Waals surface area (Å²) in [7, 11) is -2.38. The first-order chi connectivity index (χ1) is 17.6. The Balaban J connectivity index is 1.46. The quantitative estimate of drug-likeness (QED) is 0.572. The Hall–Kier alpha value is -1.89. The van der Waals surface area contributed by atoms with Crippen LogP contribution in [-0.2, 0) is 25.7 Å². The smallest absolute Gasteiger partial charge is 0.416 e. The first kappa shape index (κ1) is 29.1. The van der Waals surface area contributed by atoms with Crippen molar-refractivity contribution in [1.82, 2.24) is 14.5 Å². The molecule has 1 aliphatic carbocycles. The Labute approximate surface area is 222 Å². The summed E-state index contributed by atoms with van der Waals surface area (Å²) in [6.45, 7) is 7.90. The van der Waals surface area contributed by atoms with Crippen LogP contribution in [0.2, 0.25) is 0 Å². The van der Waals surface area contributed by atoms with E-state index in [4.69, 9.17) is 9.47 Å². The van der Waals surface area contributed by atoms with E-state index in [0.29, 0.717) is 6.07 Å². The van der Waals surface area contributed by atoms with Crippen molar-refractivity contribution in [1.29, 1.82) is 0 Å². The minimum Gasteiger partial charge on any atom is -0.444 e. The summed E-state index contributed by atoms with van der Waals surface area (Å²) in [6, 6.07) is 3.60. The van der Waals surface area contributed by atoms with Crippen LogP contribution in [0.4, 0.5) is 18.0 Å². The summed E-state index contributed by atoms with van der Waals surface area (Å²) < 4.78 is 79.2. The average Bonchev–Trinajstić information content (AvgIpc) is 3.40. The molecule has 3 fully saturated rings. The SMILES string of the molecule is CC1CCC(N(C)C(=O)OC(C)(C)C)C(NC2CCC3CN(S(=O)(=O)c4cccc(C(F)(F)F)c4)C[C@@H]32)O1. The molecule has 0 radical (unpaired) electrons. The summed E-state index contributed by atoms with van der Waals surface area (Å²) in [5, 5.41) is 3.57. The predicted octanol–water partition coefficient (Wildman–Crippen LogP) is 4.45. The van der Waals surface area contributed by atoms with Crippen molar-refractivity contribution >= 4 is 16.1 Å². The van der Waals surface area contributed by atoms with E-state index in [1.807, 2.05) is 27.7 Å². The minimum absolute atomic E-state index is 0.00523. The number of ether oxygens (including phenoxy) is 2. The zero-order valence-electron chi connectivity index (χ0n) is 22.5. The molecule has 12 heteroatoms. The van der Waals surface area contributed by atoms with Crippen molar-refractivity contribution in [3.05, 3.63) is 29.8 Å². The van der Waals surface area contributed by atoms with Crippen LogP contribution >= 0.6 is 0 Å². The molecule has 2 aliphatic heterocycles. The Morgan fingerprint density at radius 3 is 2.50 bits per heavy atom. The minimum atomic E-state index is -4.62. The number of rotatable bonds is 5. The number of nitrogens with zero attached hydrogens (tertiary/aromatic N) is 2. The molecular formula is C26H38F3N3O5S. The zero-order valence-corrected chi connectivity index (χ0v) is 23.3. The van der Waals surface area contributed by atoms with Crippen LogP contribution in [0.15, 0.2) is 29.2 Å². The summed E-state index contributed by atoms with van der Waals surface area (Å²) in [6.07, 6.45) is -2.38. The number of carbonyl (C=O) groups excluding carboxylic acids is 1. The average molecular weight is 562 g/mol. The maximum Gasteiger partial charge on any atom is 0.416 e. The second-order valence-corrected chi connectivity index (χ2v) is 13.7. The number of hydrogen-bond acceptors (Lipinski definition) is 6. The van der Waals surface area contributed by atoms with Crippen LogP contribution in [0, 0.1) is 11.8 Å². The maximum atomic E-state index is 13.3. The van der Waals surface area contributed by atoms with Gasteiger partial charge in [0.1, 0.15) is 11.8 Å². The van der Waals surface area contributed by atoms with Gasteiger partial charge in [0.25, 0.3) is 0 Å². The van der Waals surface area contributed by atoms with Crippen molar-refractivity contribution in [3.63, 3.8) is 0 Å². The second kappa shape index (κ2) is 10.6. The largest absolute Gasteiger partial charge is 0.444 e. The van der Waals surface area contributed by atoms with Gasteiger partial charge in [-0.1, -0.05) is 6.07 Å². The molecule has 8 nitrogen and oxygen atoms in total. The van der Waals surface area contributed by atoms with E-state index in [-0.39, 0.29) is 48.0 Å². The number of benzene rings is 1. The molecule has 0 aromatic heterocycles. The zero-order chi connectivity index (χ0) is 28.0. The first-order valence-electron chi connectivity index (χ1n) is 13.1. The second-order valence-electron chi connectivity index (χ2n) is 11.7. The van der Waals surface area contributed by atoms with Crippen LogP contribution in [0.25, 0.3) is 0 Å². The summed E-state index contributed by atoms with van der Waals surface area (Å²) in [5.74, 6) is 0.0833. The Kier molecular flexibility index (Phi) is 8.11. The number of alkyl halides is 3. The fraction of sp³-hybridized carbons (Fsp3) is 0.731. The third-order valence-corrected chi connectivity index (χ3v) is 9.60. The summed E-state index contributed by atoms with van der Waals surface area (Å²) in [5.41, 5.74) is -1.62. The van der Waals surface area contributed by atoms with E-state index in [9.17, 15) is 26.4 Å². The molecule has 3 aliphatic rings. The molecule has 2 saturated heterocycles. The lowest BCUT2D eigenvalue weighted by Gasteiger charge is -2.42. The normalized spacial score (nSPS) is 30.7. The molecule has 5 unspecified atom stereocenters. The lowest BCUT2D eigenvalue weighted by Crippen LogP contribution is -2.59. The van der Waals surface area contributed by atoms with Gasteiger partial charge >= 0.3 is 12.3 Å². The molecule has 1 amide bonds. The molecule has 1 saturated carbocycles. The highest BCUT2D eigenvalue weighted by Crippen LogP contribution is 2.41. The van der Waals surface area contributed by atoms with Crippen LogP contribution in [0.3, 0.4) is 0 Å². The van der Waals surface area contributed by atoms with Gasteiger partial charge in [0.15, 0.2) is 0 Å². The molecule has 0 bridgehead atoms. The molecular weight excluding hydrogens is 523 g/mol. The number of likely N-dealkylation sites (N-methyl/N-ethyl adjacent to an activating group) is 1. The number of halogens is 3. The molecule has 0 spiro atoms. The van der Waals surface area contributed by atoms with Gasteiger partial charge < -0.3 is 14.4 Å². The first-order valence-corrected chi connectivity index (χ1v) is 14.5. The van der Waals surface area contributed by atoms with Crippen LogP contribution in [0.1, 0.15) is 58.9 Å². The molecule has 1 aromatic rings. The monoisotopic (exact) mass is 561 g/mol. The number of hydrogen-bond donors (Lipinski definition) is 1. The Morgan fingerprint density at radius 2 is 1.84 bits per heavy atom. The molecule has 214 valence electrons. The van der Waals surface area contributed by atoms with Crippen molar-refractivity contribution in [2.45, 2.75) is 94.5 Å². The number of carbonyl (C=O) groups is 1. The Morgan fingerprint density at radius 1 is 1.13 bits per heavy atom. The lowest BCUT2D eigenvalue weighted by atomic mass is 9.96. The van der Waals surface area contributed by atoms with E-state index >= 15 is 0 Å². The van der Waals surface area contributed by atoms with Gasteiger partial charge in [-0.3, -0.25) is 5.32 Å². The van der Waals surface area contributed by atoms with Crippen molar-refractivity contribution in [3.8, 4) is 0 Å². The fourth-order valence-corrected chi connectivity index (χ4v) is 7.38. The van der Waals surface area contributed by atoms with Crippen LogP contribution in [0.5, 0.6) is 0 Å². The van der Waals surface area contributed by atoms with Gasteiger partial charge in [0, 0.05) is 26.2 Å². The van der Waals surface area contributed by atoms with Gasteiger partial charge in [-0.25, -0.2) is 13.2 Å². The third kappa shape index (κ3) is 6.29. The van der Waals surface area contributed by atoms with Crippen LogP contribution < -0.4 is 5.32 Å². The van der Waals surface area contributed by atoms with Crippen molar-refractivity contribution in [2.75, 3.05) is 20.1 Å². The number of sulfonamides is 1. The molecule has 2 heterocycles. The number of fused-ring (bicyclic) bond motifs is 1. The molecule has 1 N–H and O–H groups in total. The topological polar surface area (TPSA) is 88.2 Å². The molecule has 1 aromatic carbocycles. The van der Waals surface area contributed by atoms with Gasteiger partial charge in [-0.15, -0.1) is 0 Å². The van der Waals surface area contributed by atoms with E-state index in [2.05, 4.69) is 5.32 Å². The van der Waals surface area contributed by atoms with Gasteiger partial charge in [-0.2, -0.15) is 17.5 Å². The highest BCUT2D eigenvalue weighted by atomic mass is 32.2. The maximum absolute atomic E-state index is 13.3. The standard InChI is InChI=1S/C26H38F3N3O5S/c1-16-9-12-22(31(5)24(33)37-25(2,3)4)23(36-16)30-21-11-10-17-14-32(15-20(17)21)38(34,35)19-8-6-7-18(13-19)26(27,28)29/h6-8,13,16-17,20-23,30H,9-12,14-15H2,1-5H3/t16?,17?,20-,21?,22?,23?/m0/s1. The van der Waals surface area contributed by atoms with E-state index < -0.39 is 39.7 Å².